The van der Waals surface area contributed by atoms with Gasteiger partial charge in [0.05, 0.1) is 5.56 Å². The van der Waals surface area contributed by atoms with E-state index in [9.17, 15) is 18.4 Å². The number of carbonyl (C=O) groups is 2. The van der Waals surface area contributed by atoms with Crippen LogP contribution in [0.25, 0.3) is 28.5 Å². The van der Waals surface area contributed by atoms with Gasteiger partial charge in [-0.2, -0.15) is 4.98 Å². The Labute approximate surface area is 172 Å². The van der Waals surface area contributed by atoms with Crippen molar-refractivity contribution in [1.29, 1.82) is 0 Å². The molecule has 1 aromatic carbocycles. The molecule has 0 aliphatic carbocycles. The van der Waals surface area contributed by atoms with Gasteiger partial charge in [-0.25, -0.2) is 13.6 Å². The van der Waals surface area contributed by atoms with Crippen LogP contribution in [0.1, 0.15) is 24.7 Å². The second kappa shape index (κ2) is 6.65. The van der Waals surface area contributed by atoms with Crippen LogP contribution in [-0.2, 0) is 10.3 Å². The van der Waals surface area contributed by atoms with Crippen molar-refractivity contribution in [3.8, 4) is 22.8 Å². The van der Waals surface area contributed by atoms with Crippen molar-refractivity contribution in [1.82, 2.24) is 35.4 Å². The van der Waals surface area contributed by atoms with E-state index < -0.39 is 29.7 Å². The molecular weight excluding hydrogens is 412 g/mol. The van der Waals surface area contributed by atoms with Gasteiger partial charge >= 0.3 is 6.03 Å². The van der Waals surface area contributed by atoms with E-state index in [0.717, 1.165) is 0 Å². The minimum absolute atomic E-state index is 0.129. The summed E-state index contributed by atoms with van der Waals surface area (Å²) in [6.07, 6.45) is -1.38. The first kappa shape index (κ1) is 18.8. The molecule has 4 aromatic rings. The number of fused-ring (bicyclic) bond motifs is 1. The highest BCUT2D eigenvalue weighted by Crippen LogP contribution is 2.28. The molecule has 1 unspecified atom stereocenters. The summed E-state index contributed by atoms with van der Waals surface area (Å²) in [7, 11) is 0. The van der Waals surface area contributed by atoms with Crippen LogP contribution in [0.2, 0.25) is 0 Å². The Kier molecular flexibility index (Phi) is 4.03. The van der Waals surface area contributed by atoms with E-state index in [0.29, 0.717) is 16.7 Å². The molecule has 1 saturated heterocycles. The first-order valence-corrected chi connectivity index (χ1v) is 9.06. The van der Waals surface area contributed by atoms with Crippen LogP contribution in [0.5, 0.6) is 0 Å². The molecule has 2 N–H and O–H groups in total. The molecule has 3 amide bonds. The summed E-state index contributed by atoms with van der Waals surface area (Å²) in [5.41, 5.74) is 0.703. The van der Waals surface area contributed by atoms with Crippen molar-refractivity contribution < 1.29 is 22.9 Å². The fourth-order valence-electron chi connectivity index (χ4n) is 3.34. The molecule has 0 bridgehead atoms. The molecule has 1 aliphatic rings. The largest absolute Gasteiger partial charge is 0.334 e. The summed E-state index contributed by atoms with van der Waals surface area (Å²) >= 11 is 0. The maximum atomic E-state index is 13.1. The second-order valence-corrected chi connectivity index (χ2v) is 7.04. The van der Waals surface area contributed by atoms with Crippen LogP contribution < -0.4 is 10.6 Å². The Bertz CT molecular complexity index is 1330. The highest BCUT2D eigenvalue weighted by molar-refractivity contribution is 6.07. The third-order valence-corrected chi connectivity index (χ3v) is 5.06. The van der Waals surface area contributed by atoms with E-state index in [1.807, 2.05) is 0 Å². The number of aromatic nitrogens is 5. The fourth-order valence-corrected chi connectivity index (χ4v) is 3.34. The van der Waals surface area contributed by atoms with Crippen LogP contribution in [-0.4, -0.2) is 36.7 Å². The van der Waals surface area contributed by atoms with Crippen molar-refractivity contribution in [3.05, 3.63) is 54.0 Å². The van der Waals surface area contributed by atoms with Gasteiger partial charge in [-0.05, 0) is 24.6 Å². The topological polar surface area (TPSA) is 127 Å². The third-order valence-electron chi connectivity index (χ3n) is 5.06. The molecule has 0 saturated carbocycles. The highest BCUT2D eigenvalue weighted by Gasteiger charge is 2.43. The number of urea groups is 1. The van der Waals surface area contributed by atoms with Crippen LogP contribution in [0, 0.1) is 0 Å². The van der Waals surface area contributed by atoms with Crippen LogP contribution >= 0.6 is 0 Å². The van der Waals surface area contributed by atoms with E-state index >= 15 is 0 Å². The summed E-state index contributed by atoms with van der Waals surface area (Å²) in [6.45, 7) is 1.60. The van der Waals surface area contributed by atoms with Crippen molar-refractivity contribution >= 4 is 17.6 Å². The maximum Gasteiger partial charge on any atom is 0.322 e. The smallest absolute Gasteiger partial charge is 0.322 e. The Morgan fingerprint density at radius 1 is 1.06 bits per heavy atom. The SMILES string of the molecule is CC1(c2ccc(-c3noc(-c4ccc5nnc(C(F)F)n5c4)n3)cc2)NC(=O)NC1=O. The highest BCUT2D eigenvalue weighted by atomic mass is 19.3. The molecule has 1 fully saturated rings. The van der Waals surface area contributed by atoms with Crippen LogP contribution in [0.15, 0.2) is 47.1 Å². The molecule has 10 nitrogen and oxygen atoms in total. The molecular formula is C19H13F2N7O3. The van der Waals surface area contributed by atoms with E-state index in [2.05, 4.69) is 31.0 Å². The van der Waals surface area contributed by atoms with Crippen LogP contribution in [0.3, 0.4) is 0 Å². The van der Waals surface area contributed by atoms with Gasteiger partial charge in [0, 0.05) is 11.8 Å². The lowest BCUT2D eigenvalue weighted by Crippen LogP contribution is -2.40. The molecule has 1 aliphatic heterocycles. The van der Waals surface area contributed by atoms with Gasteiger partial charge in [0.1, 0.15) is 5.54 Å². The minimum atomic E-state index is -2.78. The predicted octanol–water partition coefficient (Wildman–Crippen LogP) is 2.44. The Morgan fingerprint density at radius 2 is 1.81 bits per heavy atom. The number of amides is 3. The van der Waals surface area contributed by atoms with Crippen molar-refractivity contribution in [2.24, 2.45) is 0 Å². The molecule has 156 valence electrons. The van der Waals surface area contributed by atoms with E-state index in [4.69, 9.17) is 4.52 Å². The van der Waals surface area contributed by atoms with Crippen LogP contribution in [0.4, 0.5) is 13.6 Å². The maximum absolute atomic E-state index is 13.1. The lowest BCUT2D eigenvalue weighted by Gasteiger charge is -2.20. The number of halogens is 2. The molecule has 1 atom stereocenters. The molecule has 0 radical (unpaired) electrons. The summed E-state index contributed by atoms with van der Waals surface area (Å²) < 4.78 is 32.6. The van der Waals surface area contributed by atoms with E-state index in [1.165, 1.54) is 16.7 Å². The van der Waals surface area contributed by atoms with Crippen molar-refractivity contribution in [2.75, 3.05) is 0 Å². The van der Waals surface area contributed by atoms with E-state index in [-0.39, 0.29) is 17.4 Å². The predicted molar refractivity (Wildman–Crippen MR) is 101 cm³/mol. The Hall–Kier alpha value is -4.22. The summed E-state index contributed by atoms with van der Waals surface area (Å²) in [5.74, 6) is -0.530. The quantitative estimate of drug-likeness (QED) is 0.481. The fraction of sp³-hybridized carbons (Fsp3) is 0.158. The van der Waals surface area contributed by atoms with Gasteiger partial charge in [-0.3, -0.25) is 14.5 Å². The standard InChI is InChI=1S/C19H13F2N7O3/c1-19(17(29)23-18(30)24-19)11-5-2-9(3-6-11)14-22-16(31-27-14)10-4-7-12-25-26-15(13(20)21)28(12)8-10/h2-8,13H,1H3,(H2,23,24,29,30). The number of carbonyl (C=O) groups excluding carboxylic acids is 2. The molecule has 4 heterocycles. The lowest BCUT2D eigenvalue weighted by molar-refractivity contribution is -0.123. The molecule has 31 heavy (non-hydrogen) atoms. The molecule has 5 rings (SSSR count). The van der Waals surface area contributed by atoms with Gasteiger partial charge in [0.25, 0.3) is 18.2 Å². The Morgan fingerprint density at radius 3 is 2.48 bits per heavy atom. The number of pyridine rings is 1. The number of benzene rings is 1. The van der Waals surface area contributed by atoms with Gasteiger partial charge in [0.15, 0.2) is 5.65 Å². The summed E-state index contributed by atoms with van der Waals surface area (Å²) in [6, 6.07) is 9.30. The number of nitrogens with one attached hydrogen (secondary N) is 2. The summed E-state index contributed by atoms with van der Waals surface area (Å²) in [5, 5.41) is 15.9. The number of alkyl halides is 2. The van der Waals surface area contributed by atoms with E-state index in [1.54, 1.807) is 37.3 Å². The number of hydrogen-bond acceptors (Lipinski definition) is 7. The summed E-state index contributed by atoms with van der Waals surface area (Å²) in [4.78, 5) is 27.9. The normalized spacial score (nSPS) is 18.6. The first-order valence-electron chi connectivity index (χ1n) is 9.06. The molecule has 3 aromatic heterocycles. The monoisotopic (exact) mass is 425 g/mol. The van der Waals surface area contributed by atoms with Gasteiger partial charge < -0.3 is 9.84 Å². The lowest BCUT2D eigenvalue weighted by atomic mass is 9.91. The zero-order chi connectivity index (χ0) is 21.8. The van der Waals surface area contributed by atoms with Gasteiger partial charge in [-0.1, -0.05) is 29.4 Å². The second-order valence-electron chi connectivity index (χ2n) is 7.04. The van der Waals surface area contributed by atoms with Crippen molar-refractivity contribution in [3.63, 3.8) is 0 Å². The number of imide groups is 1. The third kappa shape index (κ3) is 2.99. The Balaban J connectivity index is 1.45. The van der Waals surface area contributed by atoms with Gasteiger partial charge in [-0.15, -0.1) is 10.2 Å². The van der Waals surface area contributed by atoms with Gasteiger partial charge in [0.2, 0.25) is 11.6 Å². The van der Waals surface area contributed by atoms with Crippen molar-refractivity contribution in [2.45, 2.75) is 18.9 Å². The zero-order valence-corrected chi connectivity index (χ0v) is 15.8. The number of rotatable bonds is 4. The first-order chi connectivity index (χ1) is 14.8. The average molecular weight is 425 g/mol. The minimum Gasteiger partial charge on any atom is -0.334 e. The molecule has 12 heteroatoms. The number of hydrogen-bond donors (Lipinski definition) is 2. The molecule has 0 spiro atoms. The number of nitrogens with zero attached hydrogens (tertiary/aromatic N) is 5. The average Bonchev–Trinajstić information content (AvgIpc) is 3.45. The zero-order valence-electron chi connectivity index (χ0n) is 15.8.